The quantitative estimate of drug-likeness (QED) is 0.516. The lowest BCUT2D eigenvalue weighted by atomic mass is 10.3. The highest BCUT2D eigenvalue weighted by molar-refractivity contribution is 5.37. The average Bonchev–Trinajstić information content (AvgIpc) is 1.83. The van der Waals surface area contributed by atoms with Crippen LogP contribution in [0.15, 0.2) is 18.2 Å². The summed E-state index contributed by atoms with van der Waals surface area (Å²) in [6, 6.07) is 3.58. The smallest absolute Gasteiger partial charge is 0.194 e. The van der Waals surface area contributed by atoms with E-state index in [9.17, 15) is 4.39 Å². The van der Waals surface area contributed by atoms with E-state index in [1.54, 1.807) is 0 Å². The van der Waals surface area contributed by atoms with Crippen LogP contribution in [0.5, 0.6) is 11.5 Å². The van der Waals surface area contributed by atoms with Crippen LogP contribution >= 0.6 is 0 Å². The Morgan fingerprint density at radius 1 is 1.22 bits per heavy atom. The molecule has 0 atom stereocenters. The second kappa shape index (κ2) is 1.93. The zero-order valence-corrected chi connectivity index (χ0v) is 4.50. The third kappa shape index (κ3) is 0.937. The van der Waals surface area contributed by atoms with Crippen molar-refractivity contribution in [3.63, 3.8) is 0 Å². The number of phenols is 2. The summed E-state index contributed by atoms with van der Waals surface area (Å²) in [5.41, 5.74) is 0. The monoisotopic (exact) mass is 128 g/mol. The van der Waals surface area contributed by atoms with Gasteiger partial charge in [0.25, 0.3) is 0 Å². The van der Waals surface area contributed by atoms with Crippen molar-refractivity contribution in [1.82, 2.24) is 0 Å². The molecule has 9 heavy (non-hydrogen) atoms. The molecule has 0 aliphatic rings. The van der Waals surface area contributed by atoms with Crippen molar-refractivity contribution in [2.75, 3.05) is 0 Å². The van der Waals surface area contributed by atoms with Crippen LogP contribution in [-0.2, 0) is 0 Å². The summed E-state index contributed by atoms with van der Waals surface area (Å²) in [6.45, 7) is 0. The molecular weight excluding hydrogens is 123 g/mol. The van der Waals surface area contributed by atoms with Gasteiger partial charge in [-0.3, -0.25) is 0 Å². The van der Waals surface area contributed by atoms with Gasteiger partial charge in [-0.05, 0) is 12.1 Å². The van der Waals surface area contributed by atoms with E-state index in [4.69, 9.17) is 10.2 Å². The molecule has 2 N–H and O–H groups in total. The van der Waals surface area contributed by atoms with Crippen LogP contribution in [0.25, 0.3) is 0 Å². The van der Waals surface area contributed by atoms with Gasteiger partial charge in [-0.1, -0.05) is 6.07 Å². The largest absolute Gasteiger partial charge is 0.504 e. The fraction of sp³-hybridized carbons (Fsp3) is 0. The van der Waals surface area contributed by atoms with Crippen molar-refractivity contribution in [1.29, 1.82) is 0 Å². The van der Waals surface area contributed by atoms with Crippen LogP contribution < -0.4 is 0 Å². The van der Waals surface area contributed by atoms with E-state index < -0.39 is 17.3 Å². The van der Waals surface area contributed by atoms with Gasteiger partial charge in [-0.25, -0.2) is 4.39 Å². The molecule has 1 aromatic rings. The van der Waals surface area contributed by atoms with Crippen molar-refractivity contribution in [3.05, 3.63) is 24.0 Å². The lowest BCUT2D eigenvalue weighted by molar-refractivity contribution is 0.379. The second-order valence-electron chi connectivity index (χ2n) is 1.61. The van der Waals surface area contributed by atoms with Crippen LogP contribution in [0.1, 0.15) is 0 Å². The Balaban J connectivity index is 3.25. The summed E-state index contributed by atoms with van der Waals surface area (Å²) < 4.78 is 12.2. The Morgan fingerprint density at radius 3 is 2.33 bits per heavy atom. The van der Waals surface area contributed by atoms with Crippen molar-refractivity contribution in [2.24, 2.45) is 0 Å². The Hall–Kier alpha value is -1.25. The lowest BCUT2D eigenvalue weighted by Gasteiger charge is -1.94. The maximum Gasteiger partial charge on any atom is 0.194 e. The van der Waals surface area contributed by atoms with E-state index in [1.807, 2.05) is 0 Å². The predicted octanol–water partition coefficient (Wildman–Crippen LogP) is 1.24. The molecule has 0 fully saturated rings. The molecule has 48 valence electrons. The van der Waals surface area contributed by atoms with Gasteiger partial charge in [-0.2, -0.15) is 0 Å². The van der Waals surface area contributed by atoms with Crippen molar-refractivity contribution < 1.29 is 14.6 Å². The summed E-state index contributed by atoms with van der Waals surface area (Å²) in [5, 5.41) is 17.2. The molecule has 0 radical (unpaired) electrons. The number of phenolic OH excluding ortho intramolecular Hbond substituents is 2. The molecule has 2 nitrogen and oxygen atoms in total. The van der Waals surface area contributed by atoms with Gasteiger partial charge in [-0.15, -0.1) is 0 Å². The molecule has 0 unspecified atom stereocenters. The summed E-state index contributed by atoms with van der Waals surface area (Å²) in [7, 11) is 0. The minimum Gasteiger partial charge on any atom is -0.504 e. The molecule has 0 bridgehead atoms. The number of benzene rings is 1. The topological polar surface area (TPSA) is 40.5 Å². The Bertz CT molecular complexity index is 202. The van der Waals surface area contributed by atoms with E-state index in [1.165, 1.54) is 12.1 Å². The Morgan fingerprint density at radius 2 is 1.89 bits per heavy atom. The van der Waals surface area contributed by atoms with Crippen LogP contribution in [0.4, 0.5) is 4.39 Å². The molecule has 0 saturated carbocycles. The Kier molecular flexibility index (Phi) is 1.26. The van der Waals surface area contributed by atoms with E-state index in [2.05, 4.69) is 0 Å². The first-order valence-electron chi connectivity index (χ1n) is 2.38. The van der Waals surface area contributed by atoms with Crippen LogP contribution in [0.3, 0.4) is 0 Å². The molecule has 0 aromatic heterocycles. The third-order valence-electron chi connectivity index (χ3n) is 0.965. The maximum absolute atomic E-state index is 12.2. The zero-order chi connectivity index (χ0) is 6.85. The highest BCUT2D eigenvalue weighted by Gasteiger charge is 2.02. The molecule has 1 aromatic carbocycles. The Labute approximate surface area is 51.2 Å². The molecule has 0 amide bonds. The number of halogens is 1. The standard InChI is InChI=1S/C6H5FO2/c7-4-2-1-3-5(8)6(4)9/h1-3,8-9H. The lowest BCUT2D eigenvalue weighted by Crippen LogP contribution is -1.73. The molecule has 3 heteroatoms. The summed E-state index contributed by atoms with van der Waals surface area (Å²) in [6.07, 6.45) is 0. The fourth-order valence-corrected chi connectivity index (χ4v) is 0.504. The van der Waals surface area contributed by atoms with Gasteiger partial charge in [0, 0.05) is 0 Å². The number of hydrogen-bond donors (Lipinski definition) is 2. The van der Waals surface area contributed by atoms with Crippen LogP contribution in [0, 0.1) is 5.82 Å². The van der Waals surface area contributed by atoms with E-state index in [0.29, 0.717) is 0 Å². The first-order valence-corrected chi connectivity index (χ1v) is 2.38. The van der Waals surface area contributed by atoms with Crippen LogP contribution in [0.2, 0.25) is 0 Å². The molecule has 0 spiro atoms. The van der Waals surface area contributed by atoms with Crippen molar-refractivity contribution in [2.45, 2.75) is 0 Å². The second-order valence-corrected chi connectivity index (χ2v) is 1.61. The number of rotatable bonds is 0. The van der Waals surface area contributed by atoms with E-state index >= 15 is 0 Å². The number of aromatic hydroxyl groups is 2. The summed E-state index contributed by atoms with van der Waals surface area (Å²) >= 11 is 0. The maximum atomic E-state index is 12.2. The van der Waals surface area contributed by atoms with Gasteiger partial charge >= 0.3 is 0 Å². The molecule has 1 rings (SSSR count). The van der Waals surface area contributed by atoms with Crippen LogP contribution in [-0.4, -0.2) is 10.2 Å². The fourth-order valence-electron chi connectivity index (χ4n) is 0.504. The summed E-state index contributed by atoms with van der Waals surface area (Å²) in [5.74, 6) is -1.94. The number of hydrogen-bond acceptors (Lipinski definition) is 2. The van der Waals surface area contributed by atoms with Crippen molar-refractivity contribution >= 4 is 0 Å². The summed E-state index contributed by atoms with van der Waals surface area (Å²) in [4.78, 5) is 0. The van der Waals surface area contributed by atoms with Gasteiger partial charge in [0.15, 0.2) is 17.3 Å². The minimum atomic E-state index is -0.810. The SMILES string of the molecule is Oc1cccc(F)c1O. The molecular formula is C6H5FO2. The normalized spacial score (nSPS) is 9.44. The third-order valence-corrected chi connectivity index (χ3v) is 0.965. The van der Waals surface area contributed by atoms with Gasteiger partial charge in [0.05, 0.1) is 0 Å². The van der Waals surface area contributed by atoms with E-state index in [0.717, 1.165) is 6.07 Å². The highest BCUT2D eigenvalue weighted by Crippen LogP contribution is 2.25. The average molecular weight is 128 g/mol. The zero-order valence-electron chi connectivity index (χ0n) is 4.50. The van der Waals surface area contributed by atoms with E-state index in [-0.39, 0.29) is 0 Å². The van der Waals surface area contributed by atoms with Crippen molar-refractivity contribution in [3.8, 4) is 11.5 Å². The van der Waals surface area contributed by atoms with Gasteiger partial charge in [0.2, 0.25) is 0 Å². The van der Waals surface area contributed by atoms with Gasteiger partial charge in [0.1, 0.15) is 0 Å². The first kappa shape index (κ1) is 5.88. The highest BCUT2D eigenvalue weighted by atomic mass is 19.1. The molecule has 0 heterocycles. The first-order chi connectivity index (χ1) is 4.22. The minimum absolute atomic E-state index is 0.435. The molecule has 0 aliphatic carbocycles. The van der Waals surface area contributed by atoms with Gasteiger partial charge < -0.3 is 10.2 Å². The molecule has 0 aliphatic heterocycles. The molecule has 0 saturated heterocycles. The number of para-hydroxylation sites is 1. The predicted molar refractivity (Wildman–Crippen MR) is 29.7 cm³/mol.